The molecular weight excluding hydrogens is 236 g/mol. The molecule has 19 heavy (non-hydrogen) atoms. The van der Waals surface area contributed by atoms with Crippen molar-refractivity contribution in [2.75, 3.05) is 26.3 Å². The molecule has 2 aliphatic rings. The first kappa shape index (κ1) is 15.3. The van der Waals surface area contributed by atoms with Gasteiger partial charge >= 0.3 is 0 Å². The fourth-order valence-electron chi connectivity index (χ4n) is 3.78. The summed E-state index contributed by atoms with van der Waals surface area (Å²) in [6, 6.07) is 1.19. The highest BCUT2D eigenvalue weighted by molar-refractivity contribution is 5.01. The van der Waals surface area contributed by atoms with Crippen LogP contribution >= 0.6 is 0 Å². The van der Waals surface area contributed by atoms with Crippen molar-refractivity contribution >= 4 is 0 Å². The van der Waals surface area contributed by atoms with Crippen LogP contribution in [0.25, 0.3) is 0 Å². The molecule has 0 amide bonds. The second-order valence-corrected chi connectivity index (χ2v) is 6.86. The number of nitrogens with one attached hydrogen (secondary N) is 1. The Labute approximate surface area is 119 Å². The summed E-state index contributed by atoms with van der Waals surface area (Å²) in [7, 11) is 0. The standard InChI is InChI=1S/C16H32N2O/c1-5-19-11-15(13(2)3)18-12-16(8-6-7-9-16)17-10-14(18)4/h13-15,17H,5-12H2,1-4H3. The molecule has 1 spiro atoms. The number of ether oxygens (including phenoxy) is 1. The normalized spacial score (nSPS) is 29.2. The molecular formula is C16H32N2O. The van der Waals surface area contributed by atoms with Gasteiger partial charge in [-0.15, -0.1) is 0 Å². The van der Waals surface area contributed by atoms with Gasteiger partial charge < -0.3 is 10.1 Å². The molecule has 2 unspecified atom stereocenters. The van der Waals surface area contributed by atoms with E-state index in [4.69, 9.17) is 4.74 Å². The van der Waals surface area contributed by atoms with Gasteiger partial charge in [-0.2, -0.15) is 0 Å². The van der Waals surface area contributed by atoms with Crippen LogP contribution in [0.1, 0.15) is 53.4 Å². The van der Waals surface area contributed by atoms with Crippen molar-refractivity contribution in [1.82, 2.24) is 10.2 Å². The number of nitrogens with zero attached hydrogens (tertiary/aromatic N) is 1. The Morgan fingerprint density at radius 2 is 2.00 bits per heavy atom. The lowest BCUT2D eigenvalue weighted by molar-refractivity contribution is -0.0124. The molecule has 2 atom stereocenters. The van der Waals surface area contributed by atoms with Crippen molar-refractivity contribution < 1.29 is 4.74 Å². The molecule has 3 nitrogen and oxygen atoms in total. The average molecular weight is 268 g/mol. The lowest BCUT2D eigenvalue weighted by Gasteiger charge is -2.49. The van der Waals surface area contributed by atoms with E-state index in [2.05, 4.69) is 37.9 Å². The number of hydrogen-bond donors (Lipinski definition) is 1. The molecule has 0 aromatic rings. The van der Waals surface area contributed by atoms with Crippen molar-refractivity contribution in [2.24, 2.45) is 5.92 Å². The van der Waals surface area contributed by atoms with Gasteiger partial charge in [-0.3, -0.25) is 4.90 Å². The minimum absolute atomic E-state index is 0.409. The van der Waals surface area contributed by atoms with Crippen LogP contribution in [0.3, 0.4) is 0 Å². The van der Waals surface area contributed by atoms with Crippen molar-refractivity contribution in [3.8, 4) is 0 Å². The van der Waals surface area contributed by atoms with E-state index in [0.29, 0.717) is 23.5 Å². The van der Waals surface area contributed by atoms with Crippen LogP contribution in [0.15, 0.2) is 0 Å². The summed E-state index contributed by atoms with van der Waals surface area (Å²) < 4.78 is 5.75. The van der Waals surface area contributed by atoms with E-state index in [1.807, 2.05) is 0 Å². The quantitative estimate of drug-likeness (QED) is 0.829. The van der Waals surface area contributed by atoms with Gasteiger partial charge in [-0.25, -0.2) is 0 Å². The molecule has 1 N–H and O–H groups in total. The zero-order valence-corrected chi connectivity index (χ0v) is 13.2. The van der Waals surface area contributed by atoms with Gasteiger partial charge in [0, 0.05) is 37.3 Å². The summed E-state index contributed by atoms with van der Waals surface area (Å²) in [5.74, 6) is 0.658. The van der Waals surface area contributed by atoms with E-state index in [0.717, 1.165) is 19.8 Å². The van der Waals surface area contributed by atoms with Crippen molar-refractivity contribution in [2.45, 2.75) is 71.0 Å². The molecule has 1 aliphatic carbocycles. The SMILES string of the molecule is CCOCC(C(C)C)N1CC2(CCCC2)NCC1C. The number of rotatable bonds is 5. The van der Waals surface area contributed by atoms with Crippen LogP contribution in [0.2, 0.25) is 0 Å². The zero-order chi connectivity index (χ0) is 13.9. The van der Waals surface area contributed by atoms with Crippen LogP contribution in [0.5, 0.6) is 0 Å². The second-order valence-electron chi connectivity index (χ2n) is 6.86. The van der Waals surface area contributed by atoms with E-state index in [1.165, 1.54) is 32.2 Å². The summed E-state index contributed by atoms with van der Waals surface area (Å²) in [4.78, 5) is 2.72. The molecule has 2 rings (SSSR count). The molecule has 1 saturated heterocycles. The molecule has 1 aliphatic heterocycles. The Morgan fingerprint density at radius 3 is 2.58 bits per heavy atom. The first-order valence-corrected chi connectivity index (χ1v) is 8.16. The van der Waals surface area contributed by atoms with Gasteiger partial charge in [0.05, 0.1) is 6.61 Å². The summed E-state index contributed by atoms with van der Waals surface area (Å²) in [5.41, 5.74) is 0.409. The first-order chi connectivity index (χ1) is 9.08. The highest BCUT2D eigenvalue weighted by atomic mass is 16.5. The topological polar surface area (TPSA) is 24.5 Å². The molecule has 0 aromatic heterocycles. The predicted octanol–water partition coefficient (Wildman–Crippen LogP) is 2.65. The highest BCUT2D eigenvalue weighted by Gasteiger charge is 2.42. The van der Waals surface area contributed by atoms with E-state index < -0.39 is 0 Å². The number of hydrogen-bond acceptors (Lipinski definition) is 3. The van der Waals surface area contributed by atoms with Crippen LogP contribution < -0.4 is 5.32 Å². The Kier molecular flexibility index (Phi) is 5.27. The van der Waals surface area contributed by atoms with E-state index >= 15 is 0 Å². The zero-order valence-electron chi connectivity index (χ0n) is 13.2. The summed E-state index contributed by atoms with van der Waals surface area (Å²) in [6.07, 6.45) is 5.51. The minimum Gasteiger partial charge on any atom is -0.380 e. The molecule has 1 heterocycles. The molecule has 112 valence electrons. The minimum atomic E-state index is 0.409. The molecule has 3 heteroatoms. The summed E-state index contributed by atoms with van der Waals surface area (Å²) in [6.45, 7) is 13.2. The molecule has 1 saturated carbocycles. The van der Waals surface area contributed by atoms with Gasteiger partial charge in [0.25, 0.3) is 0 Å². The maximum atomic E-state index is 5.75. The maximum absolute atomic E-state index is 5.75. The smallest absolute Gasteiger partial charge is 0.0624 e. The number of piperazine rings is 1. The van der Waals surface area contributed by atoms with Crippen molar-refractivity contribution in [3.05, 3.63) is 0 Å². The third-order valence-corrected chi connectivity index (χ3v) is 5.07. The Hall–Kier alpha value is -0.120. The lowest BCUT2D eigenvalue weighted by Crippen LogP contribution is -2.65. The van der Waals surface area contributed by atoms with Gasteiger partial charge in [0.1, 0.15) is 0 Å². The van der Waals surface area contributed by atoms with Gasteiger partial charge in [0.2, 0.25) is 0 Å². The van der Waals surface area contributed by atoms with Gasteiger partial charge in [-0.05, 0) is 32.6 Å². The van der Waals surface area contributed by atoms with Crippen LogP contribution in [0.4, 0.5) is 0 Å². The monoisotopic (exact) mass is 268 g/mol. The molecule has 0 aromatic carbocycles. The van der Waals surface area contributed by atoms with Crippen LogP contribution in [0, 0.1) is 5.92 Å². The van der Waals surface area contributed by atoms with Crippen LogP contribution in [-0.2, 0) is 4.74 Å². The largest absolute Gasteiger partial charge is 0.380 e. The van der Waals surface area contributed by atoms with E-state index in [9.17, 15) is 0 Å². The Bertz CT molecular complexity index is 274. The average Bonchev–Trinajstić information content (AvgIpc) is 2.82. The third kappa shape index (κ3) is 3.50. The van der Waals surface area contributed by atoms with Gasteiger partial charge in [0.15, 0.2) is 0 Å². The van der Waals surface area contributed by atoms with Crippen LogP contribution in [-0.4, -0.2) is 48.8 Å². The summed E-state index contributed by atoms with van der Waals surface area (Å²) in [5, 5.41) is 3.84. The lowest BCUT2D eigenvalue weighted by atomic mass is 9.89. The Morgan fingerprint density at radius 1 is 1.32 bits per heavy atom. The Balaban J connectivity index is 2.05. The predicted molar refractivity (Wildman–Crippen MR) is 80.5 cm³/mol. The van der Waals surface area contributed by atoms with Gasteiger partial charge in [-0.1, -0.05) is 26.7 Å². The summed E-state index contributed by atoms with van der Waals surface area (Å²) >= 11 is 0. The van der Waals surface area contributed by atoms with Crippen molar-refractivity contribution in [1.29, 1.82) is 0 Å². The van der Waals surface area contributed by atoms with Crippen molar-refractivity contribution in [3.63, 3.8) is 0 Å². The fraction of sp³-hybridized carbons (Fsp3) is 1.00. The maximum Gasteiger partial charge on any atom is 0.0624 e. The third-order valence-electron chi connectivity index (χ3n) is 5.07. The fourth-order valence-corrected chi connectivity index (χ4v) is 3.78. The highest BCUT2D eigenvalue weighted by Crippen LogP contribution is 2.34. The van der Waals surface area contributed by atoms with E-state index in [-0.39, 0.29) is 0 Å². The second kappa shape index (κ2) is 6.55. The molecule has 0 bridgehead atoms. The molecule has 2 fully saturated rings. The molecule has 0 radical (unpaired) electrons. The first-order valence-electron chi connectivity index (χ1n) is 8.16. The van der Waals surface area contributed by atoms with E-state index in [1.54, 1.807) is 0 Å².